The maximum absolute atomic E-state index is 13.0. The van der Waals surface area contributed by atoms with Gasteiger partial charge in [0.25, 0.3) is 0 Å². The molecule has 0 aliphatic rings. The fourth-order valence-electron chi connectivity index (χ4n) is 9.05. The van der Waals surface area contributed by atoms with Crippen molar-refractivity contribution in [2.45, 2.75) is 58.0 Å². The number of aliphatic hydroxyl groups is 1. The molecule has 1 unspecified atom stereocenters. The molecule has 12 nitrogen and oxygen atoms in total. The summed E-state index contributed by atoms with van der Waals surface area (Å²) in [6.07, 6.45) is -7.91. The number of carbonyl (C=O) groups is 1. The van der Waals surface area contributed by atoms with Crippen molar-refractivity contribution in [2.75, 3.05) is 19.5 Å². The van der Waals surface area contributed by atoms with Gasteiger partial charge in [-0.3, -0.25) is 14.0 Å². The Labute approximate surface area is 454 Å². The number of aromatic hydroxyl groups is 2. The molecule has 11 rings (SSSR count). The zero-order valence-electron chi connectivity index (χ0n) is 43.5. The number of nitrogens with one attached hydrogen (secondary N) is 1. The first-order valence-electron chi connectivity index (χ1n) is 25.2. The number of H-pyrrole nitrogens is 1. The monoisotopic (exact) mass is 1090 g/mol. The Morgan fingerprint density at radius 2 is 1.19 bits per heavy atom. The largest absolute Gasteiger partial charge is 0.508 e. The van der Waals surface area contributed by atoms with E-state index in [-0.39, 0.29) is 35.7 Å². The second-order valence-corrected chi connectivity index (χ2v) is 18.5. The Bertz CT molecular complexity index is 4000. The third-order valence-corrected chi connectivity index (χ3v) is 13.0. The van der Waals surface area contributed by atoms with Crippen LogP contribution in [0.5, 0.6) is 11.6 Å². The molecule has 0 bridgehead atoms. The molecular formula is C62H54F6N6O6. The van der Waals surface area contributed by atoms with Crippen LogP contribution in [-0.4, -0.2) is 65.3 Å². The van der Waals surface area contributed by atoms with Gasteiger partial charge in [0.05, 0.1) is 44.6 Å². The summed E-state index contributed by atoms with van der Waals surface area (Å²) < 4.78 is 82.7. The Hall–Kier alpha value is -9.13. The van der Waals surface area contributed by atoms with Gasteiger partial charge in [-0.25, -0.2) is 15.0 Å². The van der Waals surface area contributed by atoms with Crippen LogP contribution in [0.25, 0.3) is 49.3 Å². The fourth-order valence-corrected chi connectivity index (χ4v) is 9.05. The summed E-state index contributed by atoms with van der Waals surface area (Å²) in [6.45, 7) is 3.84. The predicted molar refractivity (Wildman–Crippen MR) is 298 cm³/mol. The van der Waals surface area contributed by atoms with E-state index >= 15 is 0 Å². The third-order valence-electron chi connectivity index (χ3n) is 13.0. The van der Waals surface area contributed by atoms with Crippen molar-refractivity contribution in [1.82, 2.24) is 24.3 Å². The van der Waals surface area contributed by atoms with Gasteiger partial charge >= 0.3 is 12.4 Å². The van der Waals surface area contributed by atoms with Gasteiger partial charge in [-0.05, 0) is 120 Å². The lowest BCUT2D eigenvalue weighted by Gasteiger charge is -2.11. The number of rotatable bonds is 11. The number of nitrogens with zero attached hydrogens (tertiary/aromatic N) is 4. The normalized spacial score (nSPS) is 11.9. The lowest BCUT2D eigenvalue weighted by atomic mass is 10.0. The molecule has 6 N–H and O–H groups in total. The lowest BCUT2D eigenvalue weighted by molar-refractivity contribution is -0.138. The van der Waals surface area contributed by atoms with Crippen molar-refractivity contribution in [2.24, 2.45) is 0 Å². The van der Waals surface area contributed by atoms with E-state index in [9.17, 15) is 46.1 Å². The molecule has 3 aromatic heterocycles. The number of aromatic amines is 1. The van der Waals surface area contributed by atoms with E-state index in [1.807, 2.05) is 78.9 Å². The average molecular weight is 1090 g/mol. The van der Waals surface area contributed by atoms with Crippen molar-refractivity contribution < 1.29 is 51.2 Å². The number of phenolic OH excluding ortho intramolecular Hbond substituents is 1. The molecule has 0 aliphatic carbocycles. The summed E-state index contributed by atoms with van der Waals surface area (Å²) in [5.74, 6) is 0.411. The maximum Gasteiger partial charge on any atom is 0.416 e. The number of aliphatic hydroxyl groups excluding tert-OH is 1. The van der Waals surface area contributed by atoms with E-state index in [0.717, 1.165) is 75.2 Å². The molecule has 80 heavy (non-hydrogen) atoms. The number of halogens is 6. The number of alkyl halides is 6. The minimum absolute atomic E-state index is 0.00441. The molecule has 0 aliphatic heterocycles. The number of nitrogens with two attached hydrogens (primary N) is 1. The van der Waals surface area contributed by atoms with E-state index < -0.39 is 29.6 Å². The van der Waals surface area contributed by atoms with Gasteiger partial charge in [-0.2, -0.15) is 26.3 Å². The summed E-state index contributed by atoms with van der Waals surface area (Å²) in [4.78, 5) is 40.8. The number of nitrogen functional groups attached to an aromatic ring is 1. The van der Waals surface area contributed by atoms with Crippen molar-refractivity contribution in [3.8, 4) is 11.6 Å². The van der Waals surface area contributed by atoms with E-state index in [0.29, 0.717) is 64.5 Å². The smallest absolute Gasteiger partial charge is 0.416 e. The van der Waals surface area contributed by atoms with E-state index in [1.54, 1.807) is 48.6 Å². The van der Waals surface area contributed by atoms with Crippen molar-refractivity contribution in [3.05, 3.63) is 231 Å². The average Bonchev–Trinajstić information content (AvgIpc) is 3.82. The van der Waals surface area contributed by atoms with Crippen molar-refractivity contribution >= 4 is 60.9 Å². The Morgan fingerprint density at radius 3 is 1.80 bits per heavy atom. The molecule has 1 atom stereocenters. The summed E-state index contributed by atoms with van der Waals surface area (Å²) in [7, 11) is 1.00. The van der Waals surface area contributed by atoms with Crippen LogP contribution in [0, 0.1) is 0 Å². The number of fused-ring (bicyclic) bond motifs is 8. The summed E-state index contributed by atoms with van der Waals surface area (Å²) >= 11 is 0. The van der Waals surface area contributed by atoms with Gasteiger partial charge in [0.15, 0.2) is 16.9 Å². The molecule has 0 spiro atoms. The molecule has 18 heteroatoms. The zero-order chi connectivity index (χ0) is 57.3. The first-order valence-corrected chi connectivity index (χ1v) is 25.2. The van der Waals surface area contributed by atoms with Gasteiger partial charge in [-0.15, -0.1) is 0 Å². The number of anilines is 1. The van der Waals surface area contributed by atoms with Crippen LogP contribution in [0.4, 0.5) is 32.2 Å². The van der Waals surface area contributed by atoms with E-state index in [2.05, 4.69) is 22.1 Å². The van der Waals surface area contributed by atoms with Crippen LogP contribution in [-0.2, 0) is 47.6 Å². The lowest BCUT2D eigenvalue weighted by Crippen LogP contribution is -2.22. The van der Waals surface area contributed by atoms with Crippen LogP contribution < -0.4 is 11.2 Å². The molecule has 0 fully saturated rings. The number of hydrogen-bond acceptors (Lipinski definition) is 10. The molecule has 3 heterocycles. The van der Waals surface area contributed by atoms with Gasteiger partial charge in [0, 0.05) is 50.2 Å². The Balaban J connectivity index is 0.000000168. The third kappa shape index (κ3) is 13.4. The topological polar surface area (TPSA) is 189 Å². The number of hydrogen-bond donors (Lipinski definition) is 5. The number of benzene rings is 8. The van der Waals surface area contributed by atoms with Crippen molar-refractivity contribution in [1.29, 1.82) is 0 Å². The Morgan fingerprint density at radius 1 is 0.637 bits per heavy atom. The van der Waals surface area contributed by atoms with Gasteiger partial charge in [0.1, 0.15) is 23.4 Å². The van der Waals surface area contributed by atoms with Crippen LogP contribution in [0.3, 0.4) is 0 Å². The van der Waals surface area contributed by atoms with Gasteiger partial charge < -0.3 is 30.8 Å². The summed E-state index contributed by atoms with van der Waals surface area (Å²) in [5.41, 5.74) is 13.3. The Kier molecular flexibility index (Phi) is 17.6. The van der Waals surface area contributed by atoms with Crippen LogP contribution in [0.1, 0.15) is 64.3 Å². The highest BCUT2D eigenvalue weighted by Gasteiger charge is 2.31. The molecule has 0 saturated carbocycles. The minimum Gasteiger partial charge on any atom is -0.508 e. The number of imidazole rings is 1. The fraction of sp³-hybridized carbons (Fsp3) is 0.177. The van der Waals surface area contributed by atoms with Gasteiger partial charge in [-0.1, -0.05) is 97.1 Å². The van der Waals surface area contributed by atoms with Crippen LogP contribution >= 0.6 is 0 Å². The number of ether oxygens (including phenoxy) is 1. The first kappa shape index (κ1) is 57.1. The number of ketones is 1. The molecule has 8 aromatic carbocycles. The van der Waals surface area contributed by atoms with Crippen LogP contribution in [0.15, 0.2) is 175 Å². The number of phenols is 1. The molecule has 0 saturated heterocycles. The highest BCUT2D eigenvalue weighted by Crippen LogP contribution is 2.35. The first-order chi connectivity index (χ1) is 38.3. The SMILES string of the molecule is CCOC(C)C(=O)Cc1ccc(C(F)(F)F)cc1.CO.Nc1nc2ccc3cc(=O)ccc3c2[nH]c1Cc1ccccc1.Oc1ccc2c(ccc3c2nc(Cc2ccccc2)c2nc(Cc4ccc(C(F)(F)F)cc4)c(O)n23)c1. The quantitative estimate of drug-likeness (QED) is 0.0616. The van der Waals surface area contributed by atoms with Crippen molar-refractivity contribution in [3.63, 3.8) is 0 Å². The highest BCUT2D eigenvalue weighted by atomic mass is 19.4. The van der Waals surface area contributed by atoms with E-state index in [1.165, 1.54) is 29.8 Å². The number of Topliss-reactive ketones (excluding diaryl/α,β-unsaturated/α-hetero) is 1. The van der Waals surface area contributed by atoms with E-state index in [4.69, 9.17) is 25.5 Å². The molecule has 410 valence electrons. The van der Waals surface area contributed by atoms with Crippen LogP contribution in [0.2, 0.25) is 0 Å². The minimum atomic E-state index is -4.42. The van der Waals surface area contributed by atoms with Gasteiger partial charge in [0.2, 0.25) is 5.88 Å². The zero-order valence-corrected chi connectivity index (χ0v) is 43.5. The number of carbonyl (C=O) groups excluding carboxylic acids is 1. The molecule has 0 radical (unpaired) electrons. The molecule has 11 aromatic rings. The summed E-state index contributed by atoms with van der Waals surface area (Å²) in [5, 5.41) is 31.7. The molecule has 0 amide bonds. The molecular weight excluding hydrogens is 1040 g/mol. The second kappa shape index (κ2) is 24.7. The number of aromatic nitrogens is 5. The highest BCUT2D eigenvalue weighted by molar-refractivity contribution is 6.06. The maximum atomic E-state index is 13.0. The predicted octanol–water partition coefficient (Wildman–Crippen LogP) is 12.7. The standard InChI is InChI=1S/C29H20F3N3O2.C19H15N3O.C13H15F3O2.CH4O/c30-29(31,32)20-9-6-18(7-10-20)15-24-28(37)35-25-13-8-19-16-21(36)11-12-22(19)26(25)33-23(27(35)34-24)14-17-4-2-1-3-5-17;20-19-17(10-12-4-2-1-3-5-12)21-18-15-8-7-14(23)11-13(15)6-9-16(18)22-19;1-3-18-9(2)12(17)8-10-4-6-11(7-5-10)13(14,15)16;1-2/h1-13,16,36-37H,14-15H2;1-9,11,21H,10,20H2;4-7,9H,3,8H2,1-2H3;2H,1H3. The second-order valence-electron chi connectivity index (χ2n) is 18.5. The summed E-state index contributed by atoms with van der Waals surface area (Å²) in [6, 6.07) is 46.8.